The summed E-state index contributed by atoms with van der Waals surface area (Å²) in [6.45, 7) is 0.400. The number of carbonyl (C=O) groups excluding carboxylic acids is 1. The van der Waals surface area contributed by atoms with Crippen LogP contribution in [-0.2, 0) is 12.8 Å². The number of aliphatic hydroxyl groups excluding tert-OH is 1. The van der Waals surface area contributed by atoms with Crippen molar-refractivity contribution in [1.82, 2.24) is 10.6 Å². The second kappa shape index (κ2) is 6.88. The van der Waals surface area contributed by atoms with Gasteiger partial charge in [-0.15, -0.1) is 0 Å². The van der Waals surface area contributed by atoms with Crippen LogP contribution in [0.3, 0.4) is 0 Å². The van der Waals surface area contributed by atoms with Gasteiger partial charge in [-0.3, -0.25) is 0 Å². The van der Waals surface area contributed by atoms with E-state index in [0.717, 1.165) is 28.2 Å². The zero-order chi connectivity index (χ0) is 18.1. The molecule has 1 aliphatic carbocycles. The van der Waals surface area contributed by atoms with E-state index in [1.165, 1.54) is 0 Å². The van der Waals surface area contributed by atoms with Gasteiger partial charge in [0.05, 0.1) is 25.3 Å². The standard InChI is InChI=1S/C20H22N2O4/c1-25-15-7-6-13-8-14(11-26-18(13)10-15)21-20(24)22-19-16-5-3-2-4-12(16)9-17(19)23/h2-7,10,14,17,19,23H,8-9,11H2,1H3,(H2,21,22,24)/t14?,17-,19+/m1/s1. The molecule has 2 amide bonds. The van der Waals surface area contributed by atoms with E-state index >= 15 is 0 Å². The van der Waals surface area contributed by atoms with E-state index in [0.29, 0.717) is 19.4 Å². The molecule has 6 heteroatoms. The van der Waals surface area contributed by atoms with Crippen molar-refractivity contribution < 1.29 is 19.4 Å². The normalized spacial score (nSPS) is 23.4. The smallest absolute Gasteiger partial charge is 0.315 e. The molecule has 6 nitrogen and oxygen atoms in total. The minimum atomic E-state index is -0.603. The largest absolute Gasteiger partial charge is 0.497 e. The van der Waals surface area contributed by atoms with Crippen LogP contribution in [0.25, 0.3) is 0 Å². The molecule has 3 atom stereocenters. The van der Waals surface area contributed by atoms with Crippen LogP contribution in [0.4, 0.5) is 4.79 Å². The predicted octanol–water partition coefficient (Wildman–Crippen LogP) is 1.96. The maximum atomic E-state index is 12.4. The number of nitrogens with one attached hydrogen (secondary N) is 2. The van der Waals surface area contributed by atoms with Crippen LogP contribution in [0.2, 0.25) is 0 Å². The molecule has 136 valence electrons. The minimum Gasteiger partial charge on any atom is -0.497 e. The molecule has 1 unspecified atom stereocenters. The highest BCUT2D eigenvalue weighted by molar-refractivity contribution is 5.75. The Morgan fingerprint density at radius 2 is 2.00 bits per heavy atom. The van der Waals surface area contributed by atoms with Gasteiger partial charge in [-0.25, -0.2) is 4.79 Å². The molecule has 0 fully saturated rings. The molecular weight excluding hydrogens is 332 g/mol. The highest BCUT2D eigenvalue weighted by Gasteiger charge is 2.32. The third kappa shape index (κ3) is 3.20. The van der Waals surface area contributed by atoms with Gasteiger partial charge in [0.1, 0.15) is 18.1 Å². The van der Waals surface area contributed by atoms with Crippen LogP contribution in [0, 0.1) is 0 Å². The molecule has 0 saturated carbocycles. The number of carbonyl (C=O) groups is 1. The number of rotatable bonds is 3. The molecule has 2 aliphatic rings. The molecule has 1 aliphatic heterocycles. The lowest BCUT2D eigenvalue weighted by molar-refractivity contribution is 0.140. The lowest BCUT2D eigenvalue weighted by Gasteiger charge is -2.27. The predicted molar refractivity (Wildman–Crippen MR) is 96.5 cm³/mol. The van der Waals surface area contributed by atoms with Gasteiger partial charge < -0.3 is 25.2 Å². The van der Waals surface area contributed by atoms with Gasteiger partial charge in [0.2, 0.25) is 0 Å². The van der Waals surface area contributed by atoms with Crippen LogP contribution in [0.5, 0.6) is 11.5 Å². The van der Waals surface area contributed by atoms with E-state index in [1.54, 1.807) is 7.11 Å². The Labute approximate surface area is 152 Å². The fourth-order valence-electron chi connectivity index (χ4n) is 3.69. The molecular formula is C20H22N2O4. The summed E-state index contributed by atoms with van der Waals surface area (Å²) in [5.41, 5.74) is 3.09. The Morgan fingerprint density at radius 1 is 1.15 bits per heavy atom. The number of amides is 2. The summed E-state index contributed by atoms with van der Waals surface area (Å²) in [6.07, 6.45) is 0.647. The SMILES string of the molecule is COc1ccc2c(c1)OCC(NC(=O)N[C@H]1c3ccccc3C[C@H]1O)C2. The van der Waals surface area contributed by atoms with E-state index in [2.05, 4.69) is 10.6 Å². The molecule has 0 spiro atoms. The number of urea groups is 1. The van der Waals surface area contributed by atoms with Crippen LogP contribution < -0.4 is 20.1 Å². The summed E-state index contributed by atoms with van der Waals surface area (Å²) >= 11 is 0. The Kier molecular flexibility index (Phi) is 4.42. The first kappa shape index (κ1) is 16.7. The molecule has 0 bridgehead atoms. The van der Waals surface area contributed by atoms with Crippen LogP contribution >= 0.6 is 0 Å². The van der Waals surface area contributed by atoms with Crippen LogP contribution in [0.15, 0.2) is 42.5 Å². The van der Waals surface area contributed by atoms with Crippen molar-refractivity contribution in [2.75, 3.05) is 13.7 Å². The zero-order valence-corrected chi connectivity index (χ0v) is 14.6. The Balaban J connectivity index is 1.38. The van der Waals surface area contributed by atoms with Gasteiger partial charge in [0.15, 0.2) is 0 Å². The molecule has 26 heavy (non-hydrogen) atoms. The summed E-state index contributed by atoms with van der Waals surface area (Å²) in [6, 6.07) is 12.7. The van der Waals surface area contributed by atoms with Crippen LogP contribution in [0.1, 0.15) is 22.7 Å². The maximum absolute atomic E-state index is 12.4. The van der Waals surface area contributed by atoms with Crippen molar-refractivity contribution in [3.63, 3.8) is 0 Å². The van der Waals surface area contributed by atoms with Crippen molar-refractivity contribution in [3.8, 4) is 11.5 Å². The first-order valence-electron chi connectivity index (χ1n) is 8.76. The second-order valence-electron chi connectivity index (χ2n) is 6.75. The lowest BCUT2D eigenvalue weighted by Crippen LogP contribution is -2.49. The molecule has 0 aromatic heterocycles. The average Bonchev–Trinajstić information content (AvgIpc) is 2.96. The third-order valence-electron chi connectivity index (χ3n) is 5.01. The summed E-state index contributed by atoms with van der Waals surface area (Å²) in [5, 5.41) is 16.1. The average molecular weight is 354 g/mol. The highest BCUT2D eigenvalue weighted by atomic mass is 16.5. The summed E-state index contributed by atoms with van der Waals surface area (Å²) < 4.78 is 11.0. The van der Waals surface area contributed by atoms with Crippen molar-refractivity contribution >= 4 is 6.03 Å². The van der Waals surface area contributed by atoms with Crippen LogP contribution in [-0.4, -0.2) is 37.0 Å². The van der Waals surface area contributed by atoms with Gasteiger partial charge in [-0.05, 0) is 29.2 Å². The van der Waals surface area contributed by atoms with Crippen molar-refractivity contribution in [2.24, 2.45) is 0 Å². The minimum absolute atomic E-state index is 0.121. The number of aliphatic hydroxyl groups is 1. The Hall–Kier alpha value is -2.73. The van der Waals surface area contributed by atoms with Crippen molar-refractivity contribution in [2.45, 2.75) is 31.0 Å². The van der Waals surface area contributed by atoms with Gasteiger partial charge in [-0.1, -0.05) is 30.3 Å². The number of methoxy groups -OCH3 is 1. The van der Waals surface area contributed by atoms with E-state index < -0.39 is 6.10 Å². The number of hydrogen-bond acceptors (Lipinski definition) is 4. The fraction of sp³-hybridized carbons (Fsp3) is 0.350. The van der Waals surface area contributed by atoms with Crippen molar-refractivity contribution in [1.29, 1.82) is 0 Å². The van der Waals surface area contributed by atoms with E-state index in [-0.39, 0.29) is 18.1 Å². The summed E-state index contributed by atoms with van der Waals surface area (Å²) in [4.78, 5) is 12.4. The molecule has 2 aromatic carbocycles. The molecule has 0 radical (unpaired) electrons. The number of fused-ring (bicyclic) bond motifs is 2. The number of benzene rings is 2. The summed E-state index contributed by atoms with van der Waals surface area (Å²) in [7, 11) is 1.62. The quantitative estimate of drug-likeness (QED) is 0.787. The molecule has 1 heterocycles. The topological polar surface area (TPSA) is 79.8 Å². The van der Waals surface area contributed by atoms with Crippen molar-refractivity contribution in [3.05, 3.63) is 59.2 Å². The maximum Gasteiger partial charge on any atom is 0.315 e. The molecule has 0 saturated heterocycles. The Bertz CT molecular complexity index is 823. The van der Waals surface area contributed by atoms with E-state index in [1.807, 2.05) is 42.5 Å². The first-order valence-corrected chi connectivity index (χ1v) is 8.76. The highest BCUT2D eigenvalue weighted by Crippen LogP contribution is 2.31. The van der Waals surface area contributed by atoms with Gasteiger partial charge in [0, 0.05) is 12.5 Å². The second-order valence-corrected chi connectivity index (χ2v) is 6.75. The molecule has 3 N–H and O–H groups in total. The monoisotopic (exact) mass is 354 g/mol. The zero-order valence-electron chi connectivity index (χ0n) is 14.6. The molecule has 4 rings (SSSR count). The third-order valence-corrected chi connectivity index (χ3v) is 5.01. The summed E-state index contributed by atoms with van der Waals surface area (Å²) in [5.74, 6) is 1.55. The number of hydrogen-bond donors (Lipinski definition) is 3. The van der Waals surface area contributed by atoms with Gasteiger partial charge >= 0.3 is 6.03 Å². The van der Waals surface area contributed by atoms with E-state index in [4.69, 9.17) is 9.47 Å². The van der Waals surface area contributed by atoms with Gasteiger partial charge in [0.25, 0.3) is 0 Å². The Morgan fingerprint density at radius 3 is 2.85 bits per heavy atom. The van der Waals surface area contributed by atoms with E-state index in [9.17, 15) is 9.90 Å². The number of ether oxygens (including phenoxy) is 2. The fourth-order valence-corrected chi connectivity index (χ4v) is 3.69. The molecule has 2 aromatic rings. The first-order chi connectivity index (χ1) is 12.6. The van der Waals surface area contributed by atoms with Gasteiger partial charge in [-0.2, -0.15) is 0 Å². The lowest BCUT2D eigenvalue weighted by atomic mass is 10.0.